The molecular formula is C4H8Na2O3. The van der Waals surface area contributed by atoms with Crippen molar-refractivity contribution >= 4 is 5.97 Å². The van der Waals surface area contributed by atoms with Crippen molar-refractivity contribution in [2.45, 2.75) is 19.8 Å². The molecule has 0 saturated carbocycles. The van der Waals surface area contributed by atoms with E-state index in [-0.39, 0.29) is 71.0 Å². The van der Waals surface area contributed by atoms with Crippen LogP contribution in [-0.4, -0.2) is 11.4 Å². The van der Waals surface area contributed by atoms with E-state index in [0.29, 0.717) is 6.42 Å². The van der Waals surface area contributed by atoms with Gasteiger partial charge in [0.15, 0.2) is 0 Å². The zero-order valence-corrected chi connectivity index (χ0v) is 10.2. The van der Waals surface area contributed by atoms with Gasteiger partial charge in [-0.1, -0.05) is 13.3 Å². The summed E-state index contributed by atoms with van der Waals surface area (Å²) in [7, 11) is 0. The predicted octanol–water partition coefficient (Wildman–Crippen LogP) is -6.63. The third kappa shape index (κ3) is 26.5. The summed E-state index contributed by atoms with van der Waals surface area (Å²) >= 11 is 0. The van der Waals surface area contributed by atoms with Crippen molar-refractivity contribution in [1.29, 1.82) is 0 Å². The maximum absolute atomic E-state index is 9.49. The number of rotatable bonds is 2. The Balaban J connectivity index is -0.0000000417. The summed E-state index contributed by atoms with van der Waals surface area (Å²) in [5, 5.41) is 9.49. The maximum atomic E-state index is 9.49. The second kappa shape index (κ2) is 16.2. The molecule has 0 aromatic rings. The number of hydrogen-bond acceptors (Lipinski definition) is 3. The summed E-state index contributed by atoms with van der Waals surface area (Å²) in [4.78, 5) is 9.49. The summed E-state index contributed by atoms with van der Waals surface area (Å²) < 4.78 is 0. The first-order valence-electron chi connectivity index (χ1n) is 1.97. The molecular weight excluding hydrogens is 142 g/mol. The number of hydrogen-bond donors (Lipinski definition) is 0. The molecule has 0 amide bonds. The Morgan fingerprint density at radius 2 is 1.78 bits per heavy atom. The molecule has 0 aliphatic carbocycles. The summed E-state index contributed by atoms with van der Waals surface area (Å²) in [6.45, 7) is 1.80. The Bertz CT molecular complexity index is 57.8. The Morgan fingerprint density at radius 1 is 1.44 bits per heavy atom. The second-order valence-corrected chi connectivity index (χ2v) is 1.12. The maximum Gasteiger partial charge on any atom is 1.00 e. The molecule has 1 N–H and O–H groups in total. The van der Waals surface area contributed by atoms with Crippen LogP contribution < -0.4 is 64.2 Å². The van der Waals surface area contributed by atoms with Gasteiger partial charge < -0.3 is 15.4 Å². The van der Waals surface area contributed by atoms with Crippen LogP contribution in [0.4, 0.5) is 0 Å². The Hall–Kier alpha value is 1.43. The van der Waals surface area contributed by atoms with Crippen LogP contribution in [0, 0.1) is 0 Å². The van der Waals surface area contributed by atoms with Gasteiger partial charge in [0.05, 0.1) is 0 Å². The van der Waals surface area contributed by atoms with Gasteiger partial charge in [-0.25, -0.2) is 0 Å². The van der Waals surface area contributed by atoms with Crippen LogP contribution >= 0.6 is 0 Å². The number of carbonyl (C=O) groups excluding carboxylic acids is 1. The van der Waals surface area contributed by atoms with Gasteiger partial charge in [-0.05, 0) is 6.42 Å². The fourth-order valence-electron chi connectivity index (χ4n) is 0.204. The standard InChI is InChI=1S/C4H8O2.2Na.H2O/c1-2-3-4(5)6;;;/h2-3H2,1H3,(H,5,6);;;1H2/q;2*+1;/p-2. The zero-order valence-electron chi connectivity index (χ0n) is 6.18. The fraction of sp³-hybridized carbons (Fsp3) is 0.750. The van der Waals surface area contributed by atoms with E-state index in [2.05, 4.69) is 0 Å². The monoisotopic (exact) mass is 150 g/mol. The van der Waals surface area contributed by atoms with E-state index in [9.17, 15) is 9.90 Å². The molecule has 0 radical (unpaired) electrons. The topological polar surface area (TPSA) is 70.1 Å². The smallest absolute Gasteiger partial charge is 0.870 e. The van der Waals surface area contributed by atoms with E-state index >= 15 is 0 Å². The first-order chi connectivity index (χ1) is 2.77. The van der Waals surface area contributed by atoms with Crippen LogP contribution in [0.5, 0.6) is 0 Å². The molecule has 0 atom stereocenters. The molecule has 0 spiro atoms. The third-order valence-electron chi connectivity index (χ3n) is 0.454. The van der Waals surface area contributed by atoms with E-state index < -0.39 is 5.97 Å². The first kappa shape index (κ1) is 22.4. The molecule has 0 rings (SSSR count). The summed E-state index contributed by atoms with van der Waals surface area (Å²) in [6.07, 6.45) is 0.850. The molecule has 0 aliphatic heterocycles. The van der Waals surface area contributed by atoms with Crippen molar-refractivity contribution in [2.75, 3.05) is 0 Å². The molecule has 0 heterocycles. The van der Waals surface area contributed by atoms with E-state index in [1.165, 1.54) is 0 Å². The Kier molecular flexibility index (Phi) is 40.4. The van der Waals surface area contributed by atoms with Gasteiger partial charge in [-0.3, -0.25) is 0 Å². The SMILES string of the molecule is CCCC(=O)[O-].[Na+].[Na+].[OH-]. The average Bonchev–Trinajstić information content (AvgIpc) is 1.35. The minimum absolute atomic E-state index is 0. The van der Waals surface area contributed by atoms with Crippen molar-refractivity contribution < 1.29 is 74.5 Å². The van der Waals surface area contributed by atoms with Crippen molar-refractivity contribution in [3.05, 3.63) is 0 Å². The molecule has 3 nitrogen and oxygen atoms in total. The second-order valence-electron chi connectivity index (χ2n) is 1.12. The number of carboxylic acids is 1. The van der Waals surface area contributed by atoms with E-state index in [1.807, 2.05) is 0 Å². The largest absolute Gasteiger partial charge is 1.00 e. The van der Waals surface area contributed by atoms with Crippen LogP contribution in [0.2, 0.25) is 0 Å². The molecule has 0 fully saturated rings. The molecule has 5 heteroatoms. The van der Waals surface area contributed by atoms with Crippen LogP contribution in [0.15, 0.2) is 0 Å². The molecule has 0 aromatic heterocycles. The van der Waals surface area contributed by atoms with E-state index in [0.717, 1.165) is 0 Å². The zero-order chi connectivity index (χ0) is 4.99. The van der Waals surface area contributed by atoms with Crippen LogP contribution in [0.25, 0.3) is 0 Å². The Labute approximate surface area is 99.1 Å². The summed E-state index contributed by atoms with van der Waals surface area (Å²) in [5.74, 6) is -0.961. The van der Waals surface area contributed by atoms with Gasteiger partial charge in [-0.2, -0.15) is 0 Å². The fourth-order valence-corrected chi connectivity index (χ4v) is 0.204. The predicted molar refractivity (Wildman–Crippen MR) is 21.9 cm³/mol. The molecule has 0 bridgehead atoms. The van der Waals surface area contributed by atoms with Gasteiger partial charge in [0, 0.05) is 5.97 Å². The number of carbonyl (C=O) groups is 1. The van der Waals surface area contributed by atoms with Gasteiger partial charge in [0.1, 0.15) is 0 Å². The van der Waals surface area contributed by atoms with Gasteiger partial charge in [-0.15, -0.1) is 0 Å². The molecule has 0 aromatic carbocycles. The molecule has 0 aliphatic rings. The van der Waals surface area contributed by atoms with Gasteiger partial charge in [0.25, 0.3) is 0 Å². The number of carboxylic acid groups (broad SMARTS) is 1. The molecule has 0 saturated heterocycles. The molecule has 44 valence electrons. The quantitative estimate of drug-likeness (QED) is 0.367. The summed E-state index contributed by atoms with van der Waals surface area (Å²) in [6, 6.07) is 0. The van der Waals surface area contributed by atoms with Gasteiger partial charge in [0.2, 0.25) is 0 Å². The summed E-state index contributed by atoms with van der Waals surface area (Å²) in [5.41, 5.74) is 0. The van der Waals surface area contributed by atoms with E-state index in [4.69, 9.17) is 0 Å². The average molecular weight is 150 g/mol. The minimum atomic E-state index is -0.961. The van der Waals surface area contributed by atoms with Gasteiger partial charge >= 0.3 is 59.1 Å². The van der Waals surface area contributed by atoms with Crippen LogP contribution in [0.3, 0.4) is 0 Å². The van der Waals surface area contributed by atoms with Crippen LogP contribution in [0.1, 0.15) is 19.8 Å². The number of aliphatic carboxylic acids is 1. The van der Waals surface area contributed by atoms with Crippen molar-refractivity contribution in [3.63, 3.8) is 0 Å². The van der Waals surface area contributed by atoms with Crippen molar-refractivity contribution in [3.8, 4) is 0 Å². The van der Waals surface area contributed by atoms with E-state index in [1.54, 1.807) is 6.92 Å². The molecule has 0 unspecified atom stereocenters. The van der Waals surface area contributed by atoms with Crippen LogP contribution in [-0.2, 0) is 4.79 Å². The van der Waals surface area contributed by atoms with Crippen molar-refractivity contribution in [2.24, 2.45) is 0 Å². The third-order valence-corrected chi connectivity index (χ3v) is 0.454. The first-order valence-corrected chi connectivity index (χ1v) is 1.97. The Morgan fingerprint density at radius 3 is 1.78 bits per heavy atom. The normalized spacial score (nSPS) is 5.44. The molecule has 9 heavy (non-hydrogen) atoms. The minimum Gasteiger partial charge on any atom is -0.870 e. The van der Waals surface area contributed by atoms with Crippen molar-refractivity contribution in [1.82, 2.24) is 0 Å².